The Morgan fingerprint density at radius 1 is 0.935 bits per heavy atom. The van der Waals surface area contributed by atoms with Gasteiger partial charge in [-0.05, 0) is 48.5 Å². The van der Waals surface area contributed by atoms with Crippen molar-refractivity contribution in [1.29, 1.82) is 0 Å². The molecule has 0 aliphatic carbocycles. The van der Waals surface area contributed by atoms with Crippen molar-refractivity contribution in [3.63, 3.8) is 0 Å². The highest BCUT2D eigenvalue weighted by Gasteiger charge is 2.17. The van der Waals surface area contributed by atoms with Gasteiger partial charge in [-0.2, -0.15) is 0 Å². The van der Waals surface area contributed by atoms with Crippen LogP contribution in [-0.2, 0) is 14.8 Å². The highest BCUT2D eigenvalue weighted by atomic mass is 32.2. The van der Waals surface area contributed by atoms with Gasteiger partial charge >= 0.3 is 0 Å². The molecule has 0 aliphatic heterocycles. The first-order valence-electron chi connectivity index (χ1n) is 9.24. The van der Waals surface area contributed by atoms with E-state index >= 15 is 0 Å². The van der Waals surface area contributed by atoms with Crippen LogP contribution in [0.3, 0.4) is 0 Å². The van der Waals surface area contributed by atoms with E-state index in [1.807, 2.05) is 30.3 Å². The first-order valence-corrected chi connectivity index (χ1v) is 11.7. The molecule has 0 spiro atoms. The minimum atomic E-state index is -3.86. The third-order valence-electron chi connectivity index (χ3n) is 4.21. The van der Waals surface area contributed by atoms with Crippen LogP contribution < -0.4 is 19.5 Å². The van der Waals surface area contributed by atoms with Crippen molar-refractivity contribution in [1.82, 2.24) is 0 Å². The van der Waals surface area contributed by atoms with Gasteiger partial charge in [0, 0.05) is 16.6 Å². The molecule has 0 atom stereocenters. The number of rotatable bonds is 9. The van der Waals surface area contributed by atoms with Gasteiger partial charge in [0.05, 0.1) is 30.6 Å². The second-order valence-electron chi connectivity index (χ2n) is 6.35. The zero-order valence-electron chi connectivity index (χ0n) is 17.0. The fourth-order valence-corrected chi connectivity index (χ4v) is 4.46. The van der Waals surface area contributed by atoms with Crippen LogP contribution in [0.25, 0.3) is 0 Å². The van der Waals surface area contributed by atoms with E-state index < -0.39 is 10.0 Å². The summed E-state index contributed by atoms with van der Waals surface area (Å²) in [6.07, 6.45) is 0. The quantitative estimate of drug-likeness (QED) is 0.466. The van der Waals surface area contributed by atoms with Crippen molar-refractivity contribution < 1.29 is 22.7 Å². The summed E-state index contributed by atoms with van der Waals surface area (Å²) in [5, 5.41) is 2.76. The van der Waals surface area contributed by atoms with Crippen molar-refractivity contribution >= 4 is 39.1 Å². The third-order valence-corrected chi connectivity index (χ3v) is 6.61. The van der Waals surface area contributed by atoms with Gasteiger partial charge < -0.3 is 14.8 Å². The molecule has 0 bridgehead atoms. The van der Waals surface area contributed by atoms with Crippen molar-refractivity contribution in [2.45, 2.75) is 9.79 Å². The normalized spacial score (nSPS) is 10.9. The molecule has 0 unspecified atom stereocenters. The van der Waals surface area contributed by atoms with E-state index in [1.54, 1.807) is 24.3 Å². The Kier molecular flexibility index (Phi) is 7.43. The number of hydrogen-bond donors (Lipinski definition) is 2. The van der Waals surface area contributed by atoms with Gasteiger partial charge in [0.15, 0.2) is 0 Å². The molecule has 0 saturated heterocycles. The van der Waals surface area contributed by atoms with Crippen molar-refractivity contribution in [3.8, 4) is 11.5 Å². The highest BCUT2D eigenvalue weighted by Crippen LogP contribution is 2.31. The standard InChI is InChI=1S/C22H22N2O5S2/c1-28-17-10-13-21(29-2)20(14-17)24-31(26,27)19-11-8-16(9-12-19)23-22(25)15-30-18-6-4-3-5-7-18/h3-14,24H,15H2,1-2H3,(H,23,25). The Labute approximate surface area is 185 Å². The summed E-state index contributed by atoms with van der Waals surface area (Å²) in [5.41, 5.74) is 0.772. The monoisotopic (exact) mass is 458 g/mol. The number of thioether (sulfide) groups is 1. The summed E-state index contributed by atoms with van der Waals surface area (Å²) in [4.78, 5) is 13.2. The number of amides is 1. The largest absolute Gasteiger partial charge is 0.497 e. The van der Waals surface area contributed by atoms with Crippen LogP contribution in [0.2, 0.25) is 0 Å². The summed E-state index contributed by atoms with van der Waals surface area (Å²) in [6, 6.07) is 20.4. The first kappa shape index (κ1) is 22.5. The lowest BCUT2D eigenvalue weighted by molar-refractivity contribution is -0.113. The second-order valence-corrected chi connectivity index (χ2v) is 9.08. The minimum absolute atomic E-state index is 0.0500. The second kappa shape index (κ2) is 10.2. The van der Waals surface area contributed by atoms with E-state index in [9.17, 15) is 13.2 Å². The number of benzene rings is 3. The molecular weight excluding hydrogens is 436 g/mol. The van der Waals surface area contributed by atoms with E-state index in [-0.39, 0.29) is 22.2 Å². The van der Waals surface area contributed by atoms with Crippen LogP contribution in [-0.4, -0.2) is 34.3 Å². The van der Waals surface area contributed by atoms with E-state index in [0.717, 1.165) is 4.90 Å². The zero-order chi connectivity index (χ0) is 22.3. The highest BCUT2D eigenvalue weighted by molar-refractivity contribution is 8.00. The molecule has 162 valence electrons. The number of sulfonamides is 1. The SMILES string of the molecule is COc1ccc(OC)c(NS(=O)(=O)c2ccc(NC(=O)CSc3ccccc3)cc2)c1. The molecule has 0 heterocycles. The summed E-state index contributed by atoms with van der Waals surface area (Å²) < 4.78 is 38.4. The average Bonchev–Trinajstić information content (AvgIpc) is 2.78. The smallest absolute Gasteiger partial charge is 0.262 e. The molecule has 3 rings (SSSR count). The van der Waals surface area contributed by atoms with Crippen LogP contribution >= 0.6 is 11.8 Å². The predicted molar refractivity (Wildman–Crippen MR) is 123 cm³/mol. The Balaban J connectivity index is 1.65. The van der Waals surface area contributed by atoms with E-state index in [2.05, 4.69) is 10.0 Å². The Bertz CT molecular complexity index is 1130. The molecule has 0 aromatic heterocycles. The van der Waals surface area contributed by atoms with Gasteiger partial charge in [-0.15, -0.1) is 11.8 Å². The van der Waals surface area contributed by atoms with Crippen molar-refractivity contribution in [2.75, 3.05) is 30.0 Å². The Hall–Kier alpha value is -3.17. The zero-order valence-corrected chi connectivity index (χ0v) is 18.6. The lowest BCUT2D eigenvalue weighted by atomic mass is 10.3. The molecule has 0 fully saturated rings. The molecule has 0 saturated carbocycles. The maximum Gasteiger partial charge on any atom is 0.262 e. The lowest BCUT2D eigenvalue weighted by Crippen LogP contribution is -2.15. The number of nitrogens with one attached hydrogen (secondary N) is 2. The molecule has 0 radical (unpaired) electrons. The summed E-state index contributed by atoms with van der Waals surface area (Å²) in [6.45, 7) is 0. The number of methoxy groups -OCH3 is 2. The third kappa shape index (κ3) is 6.16. The van der Waals surface area contributed by atoms with E-state index in [0.29, 0.717) is 17.2 Å². The molecule has 2 N–H and O–H groups in total. The average molecular weight is 459 g/mol. The predicted octanol–water partition coefficient (Wildman–Crippen LogP) is 4.24. The number of anilines is 2. The minimum Gasteiger partial charge on any atom is -0.497 e. The maximum absolute atomic E-state index is 12.8. The molecule has 3 aromatic rings. The van der Waals surface area contributed by atoms with Crippen LogP contribution in [0.5, 0.6) is 11.5 Å². The molecule has 1 amide bonds. The molecule has 7 nitrogen and oxygen atoms in total. The molecule has 31 heavy (non-hydrogen) atoms. The van der Waals surface area contributed by atoms with E-state index in [1.165, 1.54) is 44.2 Å². The van der Waals surface area contributed by atoms with Crippen LogP contribution in [0.15, 0.2) is 82.6 Å². The topological polar surface area (TPSA) is 93.7 Å². The van der Waals surface area contributed by atoms with Crippen molar-refractivity contribution in [3.05, 3.63) is 72.8 Å². The summed E-state index contributed by atoms with van der Waals surface area (Å²) in [5.74, 6) is 0.930. The van der Waals surface area contributed by atoms with Gasteiger partial charge in [-0.1, -0.05) is 18.2 Å². The van der Waals surface area contributed by atoms with Gasteiger partial charge in [0.25, 0.3) is 10.0 Å². The van der Waals surface area contributed by atoms with Crippen LogP contribution in [0, 0.1) is 0 Å². The maximum atomic E-state index is 12.8. The van der Waals surface area contributed by atoms with Crippen LogP contribution in [0.1, 0.15) is 0 Å². The van der Waals surface area contributed by atoms with E-state index in [4.69, 9.17) is 9.47 Å². The van der Waals surface area contributed by atoms with Gasteiger partial charge in [-0.25, -0.2) is 8.42 Å². The molecule has 0 aliphatic rings. The number of ether oxygens (including phenoxy) is 2. The Morgan fingerprint density at radius 2 is 1.65 bits per heavy atom. The van der Waals surface area contributed by atoms with Gasteiger partial charge in [0.2, 0.25) is 5.91 Å². The van der Waals surface area contributed by atoms with Gasteiger partial charge in [-0.3, -0.25) is 9.52 Å². The fraction of sp³-hybridized carbons (Fsp3) is 0.136. The summed E-state index contributed by atoms with van der Waals surface area (Å²) in [7, 11) is -0.922. The molecule has 3 aromatic carbocycles. The first-order chi connectivity index (χ1) is 14.9. The Morgan fingerprint density at radius 3 is 2.29 bits per heavy atom. The fourth-order valence-electron chi connectivity index (χ4n) is 2.68. The molecule has 9 heteroatoms. The summed E-state index contributed by atoms with van der Waals surface area (Å²) >= 11 is 1.42. The lowest BCUT2D eigenvalue weighted by Gasteiger charge is -2.13. The van der Waals surface area contributed by atoms with Crippen molar-refractivity contribution in [2.24, 2.45) is 0 Å². The van der Waals surface area contributed by atoms with Gasteiger partial charge in [0.1, 0.15) is 11.5 Å². The number of carbonyl (C=O) groups excluding carboxylic acids is 1. The number of carbonyl (C=O) groups is 1. The molecular formula is C22H22N2O5S2. The van der Waals surface area contributed by atoms with Crippen LogP contribution in [0.4, 0.5) is 11.4 Å². The number of hydrogen-bond acceptors (Lipinski definition) is 6.